The molecule has 0 amide bonds. The summed E-state index contributed by atoms with van der Waals surface area (Å²) in [5, 5.41) is 16.3. The van der Waals surface area contributed by atoms with Gasteiger partial charge in [-0.05, 0) is 26.0 Å². The number of hydrogen-bond donors (Lipinski definition) is 1. The molecule has 1 aromatic heterocycles. The first-order chi connectivity index (χ1) is 6.61. The smallest absolute Gasteiger partial charge is 0.323 e. The molecule has 1 rings (SSSR count). The number of carboxylic acid groups (broad SMARTS) is 1. The van der Waals surface area contributed by atoms with E-state index in [1.165, 1.54) is 0 Å². The Labute approximate surface area is 82.4 Å². The van der Waals surface area contributed by atoms with Gasteiger partial charge in [-0.15, -0.1) is 5.10 Å². The second kappa shape index (κ2) is 4.55. The molecule has 5 nitrogen and oxygen atoms in total. The van der Waals surface area contributed by atoms with E-state index < -0.39 is 5.97 Å². The van der Waals surface area contributed by atoms with Crippen LogP contribution in [-0.2, 0) is 4.79 Å². The number of anilines is 1. The fraction of sp³-hybridized carbons (Fsp3) is 0.444. The summed E-state index contributed by atoms with van der Waals surface area (Å²) in [4.78, 5) is 12.3. The summed E-state index contributed by atoms with van der Waals surface area (Å²) in [6.07, 6.45) is 1.56. The second-order valence-electron chi connectivity index (χ2n) is 3.20. The molecule has 0 fully saturated rings. The lowest BCUT2D eigenvalue weighted by molar-refractivity contribution is -0.135. The van der Waals surface area contributed by atoms with Gasteiger partial charge in [0.25, 0.3) is 0 Å². The van der Waals surface area contributed by atoms with E-state index in [9.17, 15) is 4.79 Å². The summed E-state index contributed by atoms with van der Waals surface area (Å²) in [6.45, 7) is 3.77. The molecule has 0 saturated carbocycles. The highest BCUT2D eigenvalue weighted by Gasteiger charge is 2.14. The predicted octanol–water partition coefficient (Wildman–Crippen LogP) is 0.776. The van der Waals surface area contributed by atoms with Crippen molar-refractivity contribution in [3.05, 3.63) is 18.3 Å². The quantitative estimate of drug-likeness (QED) is 0.768. The molecule has 0 radical (unpaired) electrons. The van der Waals surface area contributed by atoms with E-state index in [0.717, 1.165) is 0 Å². The Morgan fingerprint density at radius 3 is 2.79 bits per heavy atom. The minimum absolute atomic E-state index is 0.0592. The van der Waals surface area contributed by atoms with Crippen molar-refractivity contribution in [3.8, 4) is 0 Å². The first-order valence-corrected chi connectivity index (χ1v) is 4.37. The fourth-order valence-electron chi connectivity index (χ4n) is 1.12. The normalized spacial score (nSPS) is 10.2. The molecule has 1 aromatic rings. The van der Waals surface area contributed by atoms with Gasteiger partial charge in [-0.1, -0.05) is 0 Å². The lowest BCUT2D eigenvalue weighted by Gasteiger charge is -2.24. The van der Waals surface area contributed by atoms with Crippen LogP contribution in [0.1, 0.15) is 13.8 Å². The monoisotopic (exact) mass is 195 g/mol. The summed E-state index contributed by atoms with van der Waals surface area (Å²) in [5.74, 6) is -0.283. The van der Waals surface area contributed by atoms with Crippen molar-refractivity contribution in [2.45, 2.75) is 19.9 Å². The lowest BCUT2D eigenvalue weighted by Crippen LogP contribution is -2.36. The zero-order valence-electron chi connectivity index (χ0n) is 8.21. The largest absolute Gasteiger partial charge is 0.480 e. The maximum atomic E-state index is 10.6. The average molecular weight is 195 g/mol. The van der Waals surface area contributed by atoms with Crippen molar-refractivity contribution >= 4 is 11.8 Å². The number of carboxylic acids is 1. The number of rotatable bonds is 4. The molecule has 0 atom stereocenters. The Morgan fingerprint density at radius 2 is 2.36 bits per heavy atom. The average Bonchev–Trinajstić information content (AvgIpc) is 2.15. The maximum Gasteiger partial charge on any atom is 0.323 e. The summed E-state index contributed by atoms with van der Waals surface area (Å²) < 4.78 is 0. The van der Waals surface area contributed by atoms with Gasteiger partial charge < -0.3 is 10.0 Å². The molecule has 0 aliphatic rings. The Balaban J connectivity index is 2.83. The Bertz CT molecular complexity index is 300. The molecule has 0 aliphatic carbocycles. The molecule has 5 heteroatoms. The molecule has 0 saturated heterocycles. The molecular formula is C9H13N3O2. The number of hydrogen-bond acceptors (Lipinski definition) is 4. The van der Waals surface area contributed by atoms with Crippen molar-refractivity contribution < 1.29 is 9.90 Å². The highest BCUT2D eigenvalue weighted by Crippen LogP contribution is 2.11. The van der Waals surface area contributed by atoms with Gasteiger partial charge in [-0.25, -0.2) is 0 Å². The lowest BCUT2D eigenvalue weighted by atomic mass is 10.3. The molecule has 0 spiro atoms. The van der Waals surface area contributed by atoms with Gasteiger partial charge in [0.15, 0.2) is 5.82 Å². The van der Waals surface area contributed by atoms with Crippen LogP contribution in [0.15, 0.2) is 18.3 Å². The van der Waals surface area contributed by atoms with Crippen molar-refractivity contribution in [2.75, 3.05) is 11.4 Å². The third-order valence-electron chi connectivity index (χ3n) is 1.78. The molecule has 0 bridgehead atoms. The van der Waals surface area contributed by atoms with Crippen LogP contribution in [0.3, 0.4) is 0 Å². The van der Waals surface area contributed by atoms with Crippen LogP contribution in [-0.4, -0.2) is 33.9 Å². The molecule has 14 heavy (non-hydrogen) atoms. The van der Waals surface area contributed by atoms with E-state index >= 15 is 0 Å². The second-order valence-corrected chi connectivity index (χ2v) is 3.20. The van der Waals surface area contributed by atoms with Crippen LogP contribution < -0.4 is 4.90 Å². The van der Waals surface area contributed by atoms with E-state index in [0.29, 0.717) is 5.82 Å². The third kappa shape index (κ3) is 2.69. The highest BCUT2D eigenvalue weighted by atomic mass is 16.4. The maximum absolute atomic E-state index is 10.6. The topological polar surface area (TPSA) is 66.3 Å². The minimum atomic E-state index is -0.871. The fourth-order valence-corrected chi connectivity index (χ4v) is 1.12. The number of nitrogens with zero attached hydrogens (tertiary/aromatic N) is 3. The van der Waals surface area contributed by atoms with Gasteiger partial charge in [0.2, 0.25) is 0 Å². The van der Waals surface area contributed by atoms with Crippen molar-refractivity contribution in [3.63, 3.8) is 0 Å². The summed E-state index contributed by atoms with van der Waals surface area (Å²) in [6, 6.07) is 3.57. The number of aliphatic carboxylic acids is 1. The number of carbonyl (C=O) groups is 1. The van der Waals surface area contributed by atoms with Crippen LogP contribution in [0.2, 0.25) is 0 Å². The summed E-state index contributed by atoms with van der Waals surface area (Å²) in [7, 11) is 0. The highest BCUT2D eigenvalue weighted by molar-refractivity contribution is 5.73. The Kier molecular flexibility index (Phi) is 3.39. The van der Waals surface area contributed by atoms with Gasteiger partial charge in [-0.2, -0.15) is 5.10 Å². The molecule has 1 N–H and O–H groups in total. The van der Waals surface area contributed by atoms with Crippen LogP contribution in [0, 0.1) is 0 Å². The Morgan fingerprint density at radius 1 is 1.64 bits per heavy atom. The van der Waals surface area contributed by atoms with Gasteiger partial charge in [-0.3, -0.25) is 4.79 Å². The van der Waals surface area contributed by atoms with E-state index in [1.807, 2.05) is 13.8 Å². The zero-order chi connectivity index (χ0) is 10.6. The SMILES string of the molecule is CC(C)N(CC(=O)O)c1cccnn1. The van der Waals surface area contributed by atoms with Crippen molar-refractivity contribution in [1.82, 2.24) is 10.2 Å². The predicted molar refractivity (Wildman–Crippen MR) is 52.1 cm³/mol. The third-order valence-corrected chi connectivity index (χ3v) is 1.78. The van der Waals surface area contributed by atoms with Crippen LogP contribution in [0.4, 0.5) is 5.82 Å². The van der Waals surface area contributed by atoms with E-state index in [-0.39, 0.29) is 12.6 Å². The van der Waals surface area contributed by atoms with Crippen molar-refractivity contribution in [2.24, 2.45) is 0 Å². The molecular weight excluding hydrogens is 182 g/mol. The van der Waals surface area contributed by atoms with E-state index in [4.69, 9.17) is 5.11 Å². The molecule has 0 aliphatic heterocycles. The summed E-state index contributed by atoms with van der Waals surface area (Å²) >= 11 is 0. The van der Waals surface area contributed by atoms with Gasteiger partial charge in [0.05, 0.1) is 0 Å². The van der Waals surface area contributed by atoms with Crippen LogP contribution in [0.25, 0.3) is 0 Å². The first kappa shape index (κ1) is 10.4. The molecule has 0 aromatic carbocycles. The molecule has 76 valence electrons. The van der Waals surface area contributed by atoms with Gasteiger partial charge in [0, 0.05) is 12.2 Å². The zero-order valence-corrected chi connectivity index (χ0v) is 8.21. The van der Waals surface area contributed by atoms with Crippen molar-refractivity contribution in [1.29, 1.82) is 0 Å². The first-order valence-electron chi connectivity index (χ1n) is 4.37. The number of aromatic nitrogens is 2. The molecule has 0 unspecified atom stereocenters. The van der Waals surface area contributed by atoms with Crippen LogP contribution in [0.5, 0.6) is 0 Å². The van der Waals surface area contributed by atoms with Gasteiger partial charge >= 0.3 is 5.97 Å². The standard InChI is InChI=1S/C9H13N3O2/c1-7(2)12(6-9(13)14)8-4-3-5-10-11-8/h3-5,7H,6H2,1-2H3,(H,13,14). The minimum Gasteiger partial charge on any atom is -0.480 e. The van der Waals surface area contributed by atoms with E-state index in [2.05, 4.69) is 10.2 Å². The summed E-state index contributed by atoms with van der Waals surface area (Å²) in [5.41, 5.74) is 0. The molecule has 1 heterocycles. The van der Waals surface area contributed by atoms with Crippen LogP contribution >= 0.6 is 0 Å². The van der Waals surface area contributed by atoms with E-state index in [1.54, 1.807) is 23.2 Å². The van der Waals surface area contributed by atoms with Gasteiger partial charge in [0.1, 0.15) is 6.54 Å². The Hall–Kier alpha value is -1.65.